The lowest BCUT2D eigenvalue weighted by atomic mass is 9.98. The highest BCUT2D eigenvalue weighted by Crippen LogP contribution is 2.25. The van der Waals surface area contributed by atoms with Gasteiger partial charge in [0.15, 0.2) is 0 Å². The fraction of sp³-hybridized carbons (Fsp3) is 0.312. The van der Waals surface area contributed by atoms with E-state index in [-0.39, 0.29) is 5.56 Å². The Morgan fingerprint density at radius 3 is 2.57 bits per heavy atom. The van der Waals surface area contributed by atoms with Crippen molar-refractivity contribution in [1.29, 1.82) is 0 Å². The quantitative estimate of drug-likeness (QED) is 0.831. The number of pyridine rings is 1. The van der Waals surface area contributed by atoms with Gasteiger partial charge in [-0.25, -0.2) is 8.78 Å². The summed E-state index contributed by atoms with van der Waals surface area (Å²) in [7, 11) is 0. The molecule has 2 rings (SSSR count). The minimum absolute atomic E-state index is 0.0888. The Bertz CT molecular complexity index is 584. The molecule has 0 bridgehead atoms. The molecule has 0 saturated heterocycles. The van der Waals surface area contributed by atoms with E-state index >= 15 is 0 Å². The maximum Gasteiger partial charge on any atom is 0.130 e. The molecule has 2 nitrogen and oxygen atoms in total. The summed E-state index contributed by atoms with van der Waals surface area (Å²) in [5, 5.41) is 3.21. The van der Waals surface area contributed by atoms with Gasteiger partial charge in [-0.2, -0.15) is 0 Å². The molecule has 0 radical (unpaired) electrons. The van der Waals surface area contributed by atoms with E-state index in [0.29, 0.717) is 13.0 Å². The van der Waals surface area contributed by atoms with Crippen molar-refractivity contribution in [2.75, 3.05) is 6.54 Å². The summed E-state index contributed by atoms with van der Waals surface area (Å²) in [4.78, 5) is 4.09. The highest BCUT2D eigenvalue weighted by atomic mass is 79.9. The monoisotopic (exact) mass is 354 g/mol. The Hall–Kier alpha value is -1.33. The Balaban J connectivity index is 2.30. The fourth-order valence-corrected chi connectivity index (χ4v) is 2.65. The van der Waals surface area contributed by atoms with Crippen molar-refractivity contribution in [2.24, 2.45) is 0 Å². The smallest absolute Gasteiger partial charge is 0.130 e. The van der Waals surface area contributed by atoms with Crippen molar-refractivity contribution in [2.45, 2.75) is 25.8 Å². The van der Waals surface area contributed by atoms with Gasteiger partial charge in [-0.05, 0) is 59.1 Å². The summed E-state index contributed by atoms with van der Waals surface area (Å²) in [6.07, 6.45) is 4.76. The van der Waals surface area contributed by atoms with E-state index in [4.69, 9.17) is 0 Å². The number of hydrogen-bond donors (Lipinski definition) is 1. The van der Waals surface area contributed by atoms with Gasteiger partial charge >= 0.3 is 0 Å². The zero-order valence-electron chi connectivity index (χ0n) is 11.7. The van der Waals surface area contributed by atoms with Crippen molar-refractivity contribution in [3.63, 3.8) is 0 Å². The van der Waals surface area contributed by atoms with Crippen LogP contribution in [0.4, 0.5) is 8.78 Å². The molecule has 0 aliphatic rings. The molecule has 0 amide bonds. The Morgan fingerprint density at radius 1 is 1.24 bits per heavy atom. The van der Waals surface area contributed by atoms with Crippen LogP contribution in [-0.2, 0) is 6.42 Å². The maximum atomic E-state index is 14.0. The van der Waals surface area contributed by atoms with E-state index in [2.05, 4.69) is 26.2 Å². The number of nitrogens with zero attached hydrogens (tertiary/aromatic N) is 1. The predicted molar refractivity (Wildman–Crippen MR) is 83.0 cm³/mol. The molecule has 0 aliphatic carbocycles. The average molecular weight is 355 g/mol. The summed E-state index contributed by atoms with van der Waals surface area (Å²) in [5.74, 6) is -1.04. The number of halogens is 3. The molecule has 5 heteroatoms. The number of nitrogens with one attached hydrogen (secondary N) is 1. The molecule has 21 heavy (non-hydrogen) atoms. The highest BCUT2D eigenvalue weighted by molar-refractivity contribution is 9.10. The lowest BCUT2D eigenvalue weighted by molar-refractivity contribution is 0.464. The van der Waals surface area contributed by atoms with Gasteiger partial charge in [0.1, 0.15) is 11.6 Å². The predicted octanol–water partition coefficient (Wildman–Crippen LogP) is 4.41. The van der Waals surface area contributed by atoms with Crippen LogP contribution >= 0.6 is 15.9 Å². The molecule has 0 saturated carbocycles. The lowest BCUT2D eigenvalue weighted by Crippen LogP contribution is -2.26. The van der Waals surface area contributed by atoms with Crippen molar-refractivity contribution in [3.05, 3.63) is 63.9 Å². The van der Waals surface area contributed by atoms with Gasteiger partial charge < -0.3 is 5.32 Å². The first-order valence-electron chi connectivity index (χ1n) is 6.88. The first-order valence-corrected chi connectivity index (χ1v) is 7.67. The van der Waals surface area contributed by atoms with Crippen molar-refractivity contribution in [1.82, 2.24) is 10.3 Å². The van der Waals surface area contributed by atoms with Crippen LogP contribution in [0.15, 0.2) is 41.1 Å². The average Bonchev–Trinajstić information content (AvgIpc) is 2.44. The van der Waals surface area contributed by atoms with Crippen LogP contribution in [0.1, 0.15) is 30.5 Å². The molecular weight excluding hydrogens is 338 g/mol. The summed E-state index contributed by atoms with van der Waals surface area (Å²) in [6, 6.07) is 5.45. The Morgan fingerprint density at radius 2 is 1.95 bits per heavy atom. The molecule has 1 atom stereocenters. The topological polar surface area (TPSA) is 24.9 Å². The van der Waals surface area contributed by atoms with Gasteiger partial charge in [-0.3, -0.25) is 4.98 Å². The van der Waals surface area contributed by atoms with Crippen LogP contribution in [0.2, 0.25) is 0 Å². The van der Waals surface area contributed by atoms with Crippen LogP contribution in [-0.4, -0.2) is 11.5 Å². The molecule has 112 valence electrons. The summed E-state index contributed by atoms with van der Waals surface area (Å²) < 4.78 is 28.9. The van der Waals surface area contributed by atoms with E-state index in [0.717, 1.165) is 16.5 Å². The lowest BCUT2D eigenvalue weighted by Gasteiger charge is -2.20. The van der Waals surface area contributed by atoms with E-state index in [9.17, 15) is 8.78 Å². The Labute approximate surface area is 131 Å². The molecular formula is C16H17BrF2N2. The number of hydrogen-bond acceptors (Lipinski definition) is 2. The van der Waals surface area contributed by atoms with Crippen LogP contribution in [0.5, 0.6) is 0 Å². The van der Waals surface area contributed by atoms with E-state index in [1.54, 1.807) is 12.4 Å². The fourth-order valence-electron chi connectivity index (χ4n) is 2.24. The standard InChI is InChI=1S/C16H17BrF2N2/c1-2-6-21-15(8-11-7-12(17)10-20-9-11)16-13(18)4-3-5-14(16)19/h3-5,7,9-10,15,21H,2,6,8H2,1H3. The second-order valence-electron chi connectivity index (χ2n) is 4.86. The molecule has 1 heterocycles. The van der Waals surface area contributed by atoms with Crippen LogP contribution in [0.3, 0.4) is 0 Å². The van der Waals surface area contributed by atoms with Crippen LogP contribution in [0, 0.1) is 11.6 Å². The van der Waals surface area contributed by atoms with Gasteiger partial charge in [0.05, 0.1) is 0 Å². The largest absolute Gasteiger partial charge is 0.309 e. The summed E-state index contributed by atoms with van der Waals surface area (Å²) >= 11 is 3.36. The third-order valence-electron chi connectivity index (χ3n) is 3.19. The minimum atomic E-state index is -0.522. The zero-order valence-corrected chi connectivity index (χ0v) is 13.3. The highest BCUT2D eigenvalue weighted by Gasteiger charge is 2.20. The molecule has 1 N–H and O–H groups in total. The Kier molecular flexibility index (Phi) is 5.82. The van der Waals surface area contributed by atoms with E-state index in [1.807, 2.05) is 13.0 Å². The molecule has 1 aromatic carbocycles. The molecule has 0 spiro atoms. The van der Waals surface area contributed by atoms with Gasteiger partial charge in [-0.15, -0.1) is 0 Å². The van der Waals surface area contributed by atoms with Gasteiger partial charge in [0, 0.05) is 28.5 Å². The third-order valence-corrected chi connectivity index (χ3v) is 3.62. The van der Waals surface area contributed by atoms with Gasteiger partial charge in [0.25, 0.3) is 0 Å². The molecule has 2 aromatic rings. The minimum Gasteiger partial charge on any atom is -0.309 e. The normalized spacial score (nSPS) is 12.4. The number of benzene rings is 1. The van der Waals surface area contributed by atoms with Crippen molar-refractivity contribution < 1.29 is 8.78 Å². The second kappa shape index (κ2) is 7.61. The van der Waals surface area contributed by atoms with Crippen molar-refractivity contribution in [3.8, 4) is 0 Å². The molecule has 1 aromatic heterocycles. The first-order chi connectivity index (χ1) is 10.1. The van der Waals surface area contributed by atoms with Crippen LogP contribution < -0.4 is 5.32 Å². The first kappa shape index (κ1) is 16.0. The summed E-state index contributed by atoms with van der Waals surface area (Å²) in [5.41, 5.74) is 1.01. The molecule has 1 unspecified atom stereocenters. The zero-order chi connectivity index (χ0) is 15.2. The van der Waals surface area contributed by atoms with Crippen LogP contribution in [0.25, 0.3) is 0 Å². The van der Waals surface area contributed by atoms with E-state index in [1.165, 1.54) is 18.2 Å². The van der Waals surface area contributed by atoms with Crippen molar-refractivity contribution >= 4 is 15.9 Å². The van der Waals surface area contributed by atoms with Gasteiger partial charge in [-0.1, -0.05) is 13.0 Å². The molecule has 0 fully saturated rings. The SMILES string of the molecule is CCCNC(Cc1cncc(Br)c1)c1c(F)cccc1F. The number of rotatable bonds is 6. The maximum absolute atomic E-state index is 14.0. The number of aromatic nitrogens is 1. The molecule has 0 aliphatic heterocycles. The van der Waals surface area contributed by atoms with E-state index < -0.39 is 17.7 Å². The second-order valence-corrected chi connectivity index (χ2v) is 5.77. The van der Waals surface area contributed by atoms with Gasteiger partial charge in [0.2, 0.25) is 0 Å². The third kappa shape index (κ3) is 4.32. The summed E-state index contributed by atoms with van der Waals surface area (Å²) in [6.45, 7) is 2.71.